The summed E-state index contributed by atoms with van der Waals surface area (Å²) < 4.78 is 39.8. The molecule has 128 valence electrons. The van der Waals surface area contributed by atoms with Crippen LogP contribution >= 0.6 is 0 Å². The third-order valence-corrected chi connectivity index (χ3v) is 3.31. The highest BCUT2D eigenvalue weighted by atomic mass is 19.4. The fraction of sp³-hybridized carbons (Fsp3) is 0.278. The molecule has 0 saturated carbocycles. The van der Waals surface area contributed by atoms with Crippen molar-refractivity contribution >= 4 is 11.5 Å². The second kappa shape index (κ2) is 8.38. The Morgan fingerprint density at radius 1 is 1.08 bits per heavy atom. The fourth-order valence-electron chi connectivity index (χ4n) is 2.19. The molecule has 1 amide bonds. The normalized spacial score (nSPS) is 16.6. The first-order valence-corrected chi connectivity index (χ1v) is 7.60. The average Bonchev–Trinajstić information content (AvgIpc) is 2.85. The lowest BCUT2D eigenvalue weighted by atomic mass is 10.1. The minimum atomic E-state index is -4.65. The number of halogens is 3. The highest BCUT2D eigenvalue weighted by Gasteiger charge is 2.30. The summed E-state index contributed by atoms with van der Waals surface area (Å²) in [6, 6.07) is 5.84. The van der Waals surface area contributed by atoms with Crippen LogP contribution < -0.4 is 10.1 Å². The molecule has 0 aromatic heterocycles. The summed E-state index contributed by atoms with van der Waals surface area (Å²) in [6.45, 7) is 0.888. The van der Waals surface area contributed by atoms with Crippen LogP contribution in [-0.2, 0) is 4.79 Å². The Morgan fingerprint density at radius 2 is 1.83 bits per heavy atom. The van der Waals surface area contributed by atoms with Gasteiger partial charge in [0.2, 0.25) is 5.91 Å². The monoisotopic (exact) mass is 337 g/mol. The number of rotatable bonds is 2. The van der Waals surface area contributed by atoms with E-state index in [-0.39, 0.29) is 11.7 Å². The molecule has 0 atom stereocenters. The smallest absolute Gasteiger partial charge is 0.406 e. The van der Waals surface area contributed by atoms with Crippen molar-refractivity contribution in [2.75, 3.05) is 6.54 Å². The lowest BCUT2D eigenvalue weighted by Crippen LogP contribution is -2.16. The van der Waals surface area contributed by atoms with Crippen LogP contribution in [0.5, 0.6) is 5.75 Å². The van der Waals surface area contributed by atoms with Gasteiger partial charge in [-0.1, -0.05) is 42.5 Å². The van der Waals surface area contributed by atoms with E-state index in [1.54, 1.807) is 12.1 Å². The molecule has 1 aromatic carbocycles. The Hall–Kier alpha value is -2.50. The van der Waals surface area contributed by atoms with Crippen LogP contribution in [0.2, 0.25) is 0 Å². The zero-order valence-corrected chi connectivity index (χ0v) is 13.0. The Morgan fingerprint density at radius 3 is 2.38 bits per heavy atom. The predicted octanol–water partition coefficient (Wildman–Crippen LogP) is 4.38. The van der Waals surface area contributed by atoms with E-state index in [0.717, 1.165) is 36.9 Å². The summed E-state index contributed by atoms with van der Waals surface area (Å²) in [6.07, 6.45) is 7.76. The molecule has 1 aliphatic carbocycles. The molecule has 1 heterocycles. The van der Waals surface area contributed by atoms with E-state index >= 15 is 0 Å². The highest BCUT2D eigenvalue weighted by molar-refractivity contribution is 5.77. The zero-order valence-electron chi connectivity index (χ0n) is 13.0. The van der Waals surface area contributed by atoms with E-state index < -0.39 is 6.36 Å². The number of benzene rings is 1. The molecule has 0 radical (unpaired) electrons. The van der Waals surface area contributed by atoms with Gasteiger partial charge in [0.15, 0.2) is 0 Å². The van der Waals surface area contributed by atoms with Gasteiger partial charge < -0.3 is 10.1 Å². The van der Waals surface area contributed by atoms with Crippen LogP contribution in [0, 0.1) is 0 Å². The summed E-state index contributed by atoms with van der Waals surface area (Å²) in [7, 11) is 0. The van der Waals surface area contributed by atoms with E-state index in [4.69, 9.17) is 0 Å². The molecule has 0 bridgehead atoms. The van der Waals surface area contributed by atoms with Crippen molar-refractivity contribution < 1.29 is 22.7 Å². The lowest BCUT2D eigenvalue weighted by Gasteiger charge is -2.09. The summed E-state index contributed by atoms with van der Waals surface area (Å²) in [4.78, 5) is 10.1. The van der Waals surface area contributed by atoms with E-state index in [1.165, 1.54) is 12.1 Å². The van der Waals surface area contributed by atoms with Gasteiger partial charge in [-0.05, 0) is 36.1 Å². The van der Waals surface area contributed by atoms with E-state index in [1.807, 2.05) is 30.4 Å². The summed E-state index contributed by atoms with van der Waals surface area (Å²) >= 11 is 0. The number of nitrogens with one attached hydrogen (secondary N) is 1. The maximum atomic E-state index is 12.0. The SMILES string of the molecule is FC(F)(F)Oc1ccc(C2=CC=CCC=C2)cc1.O=C1CCCN1. The van der Waals surface area contributed by atoms with Crippen LogP contribution in [0.25, 0.3) is 5.57 Å². The summed E-state index contributed by atoms with van der Waals surface area (Å²) in [5, 5.41) is 2.68. The van der Waals surface area contributed by atoms with Gasteiger partial charge in [-0.2, -0.15) is 0 Å². The molecular weight excluding hydrogens is 319 g/mol. The van der Waals surface area contributed by atoms with Crippen LogP contribution in [-0.4, -0.2) is 18.8 Å². The summed E-state index contributed by atoms with van der Waals surface area (Å²) in [5.74, 6) is -0.00464. The molecule has 1 saturated heterocycles. The van der Waals surface area contributed by atoms with Crippen molar-refractivity contribution in [2.45, 2.75) is 25.6 Å². The Labute approximate surface area is 138 Å². The molecular formula is C18H18F3NO2. The molecule has 24 heavy (non-hydrogen) atoms. The van der Waals surface area contributed by atoms with Gasteiger partial charge >= 0.3 is 6.36 Å². The van der Waals surface area contributed by atoms with Crippen LogP contribution in [0.1, 0.15) is 24.8 Å². The average molecular weight is 337 g/mol. The molecule has 3 nitrogen and oxygen atoms in total. The van der Waals surface area contributed by atoms with Gasteiger partial charge in [-0.15, -0.1) is 13.2 Å². The number of alkyl halides is 3. The standard InChI is InChI=1S/C14H11F3O.C4H7NO/c15-14(16,17)18-13-9-7-12(8-10-13)11-5-3-1-2-4-6-11;6-4-2-1-3-5-4/h1,3-10H,2H2;1-3H2,(H,5,6). The van der Waals surface area contributed by atoms with Gasteiger partial charge in [0.25, 0.3) is 0 Å². The Balaban J connectivity index is 0.000000292. The van der Waals surface area contributed by atoms with Crippen LogP contribution in [0.3, 0.4) is 0 Å². The maximum absolute atomic E-state index is 12.0. The molecule has 0 unspecified atom stereocenters. The quantitative estimate of drug-likeness (QED) is 0.870. The van der Waals surface area contributed by atoms with E-state index in [2.05, 4.69) is 10.1 Å². The number of allylic oxidation sites excluding steroid dienone is 6. The number of amides is 1. The van der Waals surface area contributed by atoms with Crippen molar-refractivity contribution in [3.05, 3.63) is 60.2 Å². The van der Waals surface area contributed by atoms with Gasteiger partial charge in [-0.25, -0.2) is 0 Å². The van der Waals surface area contributed by atoms with E-state index in [0.29, 0.717) is 0 Å². The number of hydrogen-bond acceptors (Lipinski definition) is 2. The van der Waals surface area contributed by atoms with Crippen molar-refractivity contribution in [1.29, 1.82) is 0 Å². The molecule has 2 aliphatic rings. The van der Waals surface area contributed by atoms with Crippen LogP contribution in [0.15, 0.2) is 54.6 Å². The third-order valence-electron chi connectivity index (χ3n) is 3.31. The summed E-state index contributed by atoms with van der Waals surface area (Å²) in [5.41, 5.74) is 1.81. The van der Waals surface area contributed by atoms with E-state index in [9.17, 15) is 18.0 Å². The third kappa shape index (κ3) is 6.32. The second-order valence-electron chi connectivity index (χ2n) is 5.21. The number of carbonyl (C=O) groups is 1. The minimum Gasteiger partial charge on any atom is -0.406 e. The fourth-order valence-corrected chi connectivity index (χ4v) is 2.19. The highest BCUT2D eigenvalue weighted by Crippen LogP contribution is 2.25. The molecule has 6 heteroatoms. The molecule has 0 spiro atoms. The molecule has 1 N–H and O–H groups in total. The van der Waals surface area contributed by atoms with Gasteiger partial charge in [-0.3, -0.25) is 4.79 Å². The topological polar surface area (TPSA) is 38.3 Å². The zero-order chi connectivity index (χ0) is 17.4. The van der Waals surface area contributed by atoms with Gasteiger partial charge in [0.1, 0.15) is 5.75 Å². The van der Waals surface area contributed by atoms with Crippen molar-refractivity contribution in [1.82, 2.24) is 5.32 Å². The molecule has 3 rings (SSSR count). The Bertz CT molecular complexity index is 635. The number of hydrogen-bond donors (Lipinski definition) is 1. The van der Waals surface area contributed by atoms with Gasteiger partial charge in [0.05, 0.1) is 0 Å². The number of ether oxygens (including phenoxy) is 1. The van der Waals surface area contributed by atoms with Crippen LogP contribution in [0.4, 0.5) is 13.2 Å². The first kappa shape index (κ1) is 17.8. The largest absolute Gasteiger partial charge is 0.573 e. The Kier molecular flexibility index (Phi) is 6.23. The first-order valence-electron chi connectivity index (χ1n) is 7.60. The molecule has 1 aromatic rings. The minimum absolute atomic E-state index is 0.204. The second-order valence-corrected chi connectivity index (χ2v) is 5.21. The maximum Gasteiger partial charge on any atom is 0.573 e. The first-order chi connectivity index (χ1) is 11.4. The van der Waals surface area contributed by atoms with Crippen molar-refractivity contribution in [3.8, 4) is 5.75 Å². The van der Waals surface area contributed by atoms with Crippen molar-refractivity contribution in [3.63, 3.8) is 0 Å². The van der Waals surface area contributed by atoms with Gasteiger partial charge in [0, 0.05) is 13.0 Å². The molecule has 1 fully saturated rings. The lowest BCUT2D eigenvalue weighted by molar-refractivity contribution is -0.274. The number of carbonyl (C=O) groups excluding carboxylic acids is 1. The van der Waals surface area contributed by atoms with Crippen molar-refractivity contribution in [2.24, 2.45) is 0 Å². The molecule has 1 aliphatic heterocycles. The predicted molar refractivity (Wildman–Crippen MR) is 86.2 cm³/mol.